The first-order chi connectivity index (χ1) is 33.7. The van der Waals surface area contributed by atoms with Gasteiger partial charge in [-0.25, -0.2) is 0 Å². The van der Waals surface area contributed by atoms with Crippen molar-refractivity contribution in [1.29, 1.82) is 0 Å². The van der Waals surface area contributed by atoms with Gasteiger partial charge in [-0.15, -0.1) is 0 Å². The maximum absolute atomic E-state index is 4.22. The van der Waals surface area contributed by atoms with Gasteiger partial charge in [-0.1, -0.05) is 219 Å². The Balaban J connectivity index is 0.930. The van der Waals surface area contributed by atoms with Gasteiger partial charge in [0.25, 0.3) is 0 Å². The molecule has 0 aromatic heterocycles. The van der Waals surface area contributed by atoms with E-state index in [1.807, 2.05) is 18.2 Å². The molecule has 0 heterocycles. The molecular weight excluding hydrogens is 821 g/mol. The van der Waals surface area contributed by atoms with Gasteiger partial charge in [-0.05, 0) is 135 Å². The van der Waals surface area contributed by atoms with E-state index >= 15 is 0 Å². The zero-order chi connectivity index (χ0) is 45.9. The van der Waals surface area contributed by atoms with Crippen LogP contribution >= 0.6 is 0 Å². The molecule has 1 unspecified atom stereocenters. The number of benzene rings is 9. The molecule has 9 aromatic carbocycles. The maximum Gasteiger partial charge on any atom is 0.0462 e. The van der Waals surface area contributed by atoms with Crippen LogP contribution in [0.25, 0.3) is 50.6 Å². The van der Waals surface area contributed by atoms with Gasteiger partial charge in [0.2, 0.25) is 0 Å². The Kier molecular flexibility index (Phi) is 13.1. The molecule has 0 saturated carbocycles. The van der Waals surface area contributed by atoms with Gasteiger partial charge in [0.05, 0.1) is 0 Å². The van der Waals surface area contributed by atoms with Gasteiger partial charge in [-0.2, -0.15) is 0 Å². The summed E-state index contributed by atoms with van der Waals surface area (Å²) in [4.78, 5) is 4.61. The van der Waals surface area contributed by atoms with Crippen LogP contribution in [0.4, 0.5) is 22.7 Å². The molecule has 0 bridgehead atoms. The smallest absolute Gasteiger partial charge is 0.0462 e. The van der Waals surface area contributed by atoms with E-state index in [1.165, 1.54) is 50.2 Å². The summed E-state index contributed by atoms with van der Waals surface area (Å²) in [5, 5.41) is 0. The number of hydrogen-bond donors (Lipinski definition) is 0. The summed E-state index contributed by atoms with van der Waals surface area (Å²) in [6.45, 7) is 4.22. The number of allylic oxidation sites excluding steroid dienone is 6. The van der Waals surface area contributed by atoms with Crippen molar-refractivity contribution < 1.29 is 0 Å². The van der Waals surface area contributed by atoms with E-state index in [0.717, 1.165) is 46.0 Å². The lowest BCUT2D eigenvalue weighted by Crippen LogP contribution is -2.17. The molecule has 0 radical (unpaired) electrons. The minimum atomic E-state index is 0.375. The molecule has 0 fully saturated rings. The molecule has 0 aliphatic heterocycles. The molecule has 1 aliphatic carbocycles. The lowest BCUT2D eigenvalue weighted by Gasteiger charge is -2.29. The van der Waals surface area contributed by atoms with Crippen LogP contribution in [0.1, 0.15) is 23.5 Å². The Morgan fingerprint density at radius 3 is 1.43 bits per heavy atom. The summed E-state index contributed by atoms with van der Waals surface area (Å²) < 4.78 is 0. The Morgan fingerprint density at radius 2 is 0.897 bits per heavy atom. The summed E-state index contributed by atoms with van der Waals surface area (Å²) in [5.74, 6) is 0.375. The first-order valence-corrected chi connectivity index (χ1v) is 23.4. The summed E-state index contributed by atoms with van der Waals surface area (Å²) in [6.07, 6.45) is 16.2. The second-order valence-electron chi connectivity index (χ2n) is 16.9. The van der Waals surface area contributed by atoms with Crippen molar-refractivity contribution in [2.75, 3.05) is 9.80 Å². The third-order valence-electron chi connectivity index (χ3n) is 12.6. The average molecular weight is 873 g/mol. The highest BCUT2D eigenvalue weighted by molar-refractivity contribution is 5.90. The molecule has 9 aromatic rings. The van der Waals surface area contributed by atoms with Crippen LogP contribution in [0.2, 0.25) is 0 Å². The SMILES string of the molecule is C=C/C(=C\C=C\c1ccccc1)N(c1ccccc1)c1ccc(-c2ccccc2-c2cccc(-c3ccccc3-c3ccc(N(C4=CCC(c5ccccc5)C=C4)c4ccccc4)cc3)c2)cc1. The average Bonchev–Trinajstić information content (AvgIpc) is 3.42. The van der Waals surface area contributed by atoms with Crippen LogP contribution in [-0.4, -0.2) is 0 Å². The minimum absolute atomic E-state index is 0.375. The molecular formula is C66H52N2. The molecule has 10 rings (SSSR count). The molecule has 68 heavy (non-hydrogen) atoms. The molecule has 2 heteroatoms. The third-order valence-corrected chi connectivity index (χ3v) is 12.6. The molecule has 0 spiro atoms. The summed E-state index contributed by atoms with van der Waals surface area (Å²) in [5.41, 5.74) is 18.4. The van der Waals surface area contributed by atoms with Crippen molar-refractivity contribution in [2.45, 2.75) is 12.3 Å². The Labute approximate surface area is 401 Å². The monoisotopic (exact) mass is 872 g/mol. The molecule has 1 aliphatic rings. The van der Waals surface area contributed by atoms with Crippen LogP contribution in [0.15, 0.2) is 297 Å². The van der Waals surface area contributed by atoms with E-state index in [2.05, 4.69) is 283 Å². The van der Waals surface area contributed by atoms with Gasteiger partial charge in [-0.3, -0.25) is 0 Å². The summed E-state index contributed by atoms with van der Waals surface area (Å²) >= 11 is 0. The number of para-hydroxylation sites is 2. The Bertz CT molecular complexity index is 3240. The van der Waals surface area contributed by atoms with Gasteiger partial charge in [0, 0.05) is 40.1 Å². The lowest BCUT2D eigenvalue weighted by molar-refractivity contribution is 0.840. The molecule has 1 atom stereocenters. The van der Waals surface area contributed by atoms with Crippen LogP contribution in [-0.2, 0) is 0 Å². The normalized spacial score (nSPS) is 13.5. The number of anilines is 4. The van der Waals surface area contributed by atoms with Crippen LogP contribution < -0.4 is 9.80 Å². The van der Waals surface area contributed by atoms with E-state index < -0.39 is 0 Å². The highest BCUT2D eigenvalue weighted by Crippen LogP contribution is 2.41. The van der Waals surface area contributed by atoms with E-state index in [0.29, 0.717) is 5.92 Å². The van der Waals surface area contributed by atoms with Gasteiger partial charge in [0.1, 0.15) is 0 Å². The predicted molar refractivity (Wildman–Crippen MR) is 290 cm³/mol. The maximum atomic E-state index is 4.22. The first-order valence-electron chi connectivity index (χ1n) is 23.4. The van der Waals surface area contributed by atoms with Crippen molar-refractivity contribution in [2.24, 2.45) is 0 Å². The standard InChI is InChI=1S/C66H52N2/c1-2-57(32-19-23-50-21-7-3-8-22-50)67(58-28-11-5-12-29-58)60-45-39-53(40-46-60)63-33-15-17-35-65(63)55-26-20-27-56(49-55)66-36-18-16-34-64(66)54-41-47-62(48-42-54)68(59-30-13-6-14-31-59)61-43-37-52(38-44-61)51-24-9-4-10-25-51/h2-37,39-49,52H,1,38H2/b23-19+,57-32+. The highest BCUT2D eigenvalue weighted by Gasteiger charge is 2.19. The number of rotatable bonds is 14. The topological polar surface area (TPSA) is 6.48 Å². The van der Waals surface area contributed by atoms with Crippen molar-refractivity contribution in [3.63, 3.8) is 0 Å². The number of hydrogen-bond acceptors (Lipinski definition) is 2. The second kappa shape index (κ2) is 20.6. The van der Waals surface area contributed by atoms with Crippen molar-refractivity contribution >= 4 is 28.8 Å². The summed E-state index contributed by atoms with van der Waals surface area (Å²) in [7, 11) is 0. The molecule has 2 nitrogen and oxygen atoms in total. The van der Waals surface area contributed by atoms with Gasteiger partial charge in [0.15, 0.2) is 0 Å². The summed E-state index contributed by atoms with van der Waals surface area (Å²) in [6, 6.07) is 86.7. The molecule has 0 saturated heterocycles. The van der Waals surface area contributed by atoms with Crippen LogP contribution in [0.3, 0.4) is 0 Å². The Hall–Kier alpha value is -8.72. The van der Waals surface area contributed by atoms with Crippen LogP contribution in [0, 0.1) is 0 Å². The third kappa shape index (κ3) is 9.63. The van der Waals surface area contributed by atoms with Crippen molar-refractivity contribution in [3.05, 3.63) is 308 Å². The molecule has 326 valence electrons. The highest BCUT2D eigenvalue weighted by atomic mass is 15.2. The largest absolute Gasteiger partial charge is 0.311 e. The van der Waals surface area contributed by atoms with Crippen molar-refractivity contribution in [1.82, 2.24) is 0 Å². The quantitative estimate of drug-likeness (QED) is 0.100. The fourth-order valence-corrected chi connectivity index (χ4v) is 9.23. The van der Waals surface area contributed by atoms with E-state index in [9.17, 15) is 0 Å². The van der Waals surface area contributed by atoms with Crippen molar-refractivity contribution in [3.8, 4) is 44.5 Å². The van der Waals surface area contributed by atoms with E-state index in [1.54, 1.807) is 0 Å². The lowest BCUT2D eigenvalue weighted by atomic mass is 9.90. The molecule has 0 amide bonds. The minimum Gasteiger partial charge on any atom is -0.311 e. The zero-order valence-electron chi connectivity index (χ0n) is 38.0. The van der Waals surface area contributed by atoms with Gasteiger partial charge >= 0.3 is 0 Å². The first kappa shape index (κ1) is 43.2. The van der Waals surface area contributed by atoms with Crippen LogP contribution in [0.5, 0.6) is 0 Å². The van der Waals surface area contributed by atoms with Gasteiger partial charge < -0.3 is 9.80 Å². The predicted octanol–water partition coefficient (Wildman–Crippen LogP) is 18.0. The Morgan fingerprint density at radius 1 is 0.441 bits per heavy atom. The van der Waals surface area contributed by atoms with E-state index in [4.69, 9.17) is 0 Å². The zero-order valence-corrected chi connectivity index (χ0v) is 38.0. The second-order valence-corrected chi connectivity index (χ2v) is 16.9. The molecule has 0 N–H and O–H groups in total. The number of nitrogens with zero attached hydrogens (tertiary/aromatic N) is 2. The fraction of sp³-hybridized carbons (Fsp3) is 0.0303. The van der Waals surface area contributed by atoms with E-state index in [-0.39, 0.29) is 0 Å². The fourth-order valence-electron chi connectivity index (χ4n) is 9.23.